The Morgan fingerprint density at radius 2 is 1.73 bits per heavy atom. The second-order valence-electron chi connectivity index (χ2n) is 8.92. The first-order valence-electron chi connectivity index (χ1n) is 11.6. The molecule has 154 valence electrons. The van der Waals surface area contributed by atoms with Crippen LogP contribution < -0.4 is 5.32 Å². The van der Waals surface area contributed by atoms with Crippen LogP contribution in [0.3, 0.4) is 0 Å². The maximum atomic E-state index is 11.2. The largest absolute Gasteiger partial charge is 0.391 e. The van der Waals surface area contributed by atoms with Crippen LogP contribution in [0.2, 0.25) is 0 Å². The summed E-state index contributed by atoms with van der Waals surface area (Å²) in [6.45, 7) is 11.3. The van der Waals surface area contributed by atoms with Crippen LogP contribution in [0.4, 0.5) is 0 Å². The molecule has 0 aromatic rings. The van der Waals surface area contributed by atoms with Gasteiger partial charge in [-0.05, 0) is 57.3 Å². The van der Waals surface area contributed by atoms with E-state index in [1.807, 2.05) is 0 Å². The highest BCUT2D eigenvalue weighted by molar-refractivity contribution is 5.07. The normalized spacial score (nSPS) is 24.3. The van der Waals surface area contributed by atoms with Gasteiger partial charge in [-0.3, -0.25) is 0 Å². The summed E-state index contributed by atoms with van der Waals surface area (Å²) in [5.41, 5.74) is 1.58. The van der Waals surface area contributed by atoms with Crippen molar-refractivity contribution in [1.29, 1.82) is 0 Å². The van der Waals surface area contributed by atoms with Crippen molar-refractivity contribution in [2.24, 2.45) is 11.8 Å². The molecule has 0 amide bonds. The van der Waals surface area contributed by atoms with Gasteiger partial charge in [-0.1, -0.05) is 77.9 Å². The molecule has 0 radical (unpaired) electrons. The second-order valence-corrected chi connectivity index (χ2v) is 8.92. The molecule has 0 aromatic carbocycles. The summed E-state index contributed by atoms with van der Waals surface area (Å²) in [5, 5.41) is 15.0. The molecule has 2 heteroatoms. The molecule has 0 saturated carbocycles. The van der Waals surface area contributed by atoms with E-state index in [-0.39, 0.29) is 12.1 Å². The van der Waals surface area contributed by atoms with Crippen molar-refractivity contribution in [1.82, 2.24) is 5.32 Å². The molecular weight excluding hydrogens is 318 g/mol. The van der Waals surface area contributed by atoms with Gasteiger partial charge in [0.1, 0.15) is 0 Å². The van der Waals surface area contributed by atoms with Crippen LogP contribution in [-0.4, -0.2) is 23.3 Å². The predicted octanol–water partition coefficient (Wildman–Crippen LogP) is 6.63. The first kappa shape index (κ1) is 23.7. The van der Waals surface area contributed by atoms with Crippen LogP contribution in [0.25, 0.3) is 0 Å². The van der Waals surface area contributed by atoms with Crippen LogP contribution in [0.15, 0.2) is 11.6 Å². The Bertz CT molecular complexity index is 378. The highest BCUT2D eigenvalue weighted by Crippen LogP contribution is 2.27. The molecule has 0 aromatic heterocycles. The van der Waals surface area contributed by atoms with Gasteiger partial charge in [0.25, 0.3) is 0 Å². The zero-order chi connectivity index (χ0) is 19.4. The number of hydrogen-bond acceptors (Lipinski definition) is 2. The van der Waals surface area contributed by atoms with E-state index in [4.69, 9.17) is 0 Å². The van der Waals surface area contributed by atoms with Gasteiger partial charge >= 0.3 is 0 Å². The highest BCUT2D eigenvalue weighted by Gasteiger charge is 2.29. The summed E-state index contributed by atoms with van der Waals surface area (Å²) in [4.78, 5) is 0. The van der Waals surface area contributed by atoms with Crippen LogP contribution in [0.1, 0.15) is 112 Å². The molecule has 0 heterocycles. The minimum atomic E-state index is -0.260. The lowest BCUT2D eigenvalue weighted by Crippen LogP contribution is -2.48. The average molecular weight is 366 g/mol. The van der Waals surface area contributed by atoms with Crippen LogP contribution in [0, 0.1) is 11.8 Å². The summed E-state index contributed by atoms with van der Waals surface area (Å²) < 4.78 is 0. The first-order chi connectivity index (χ1) is 12.5. The van der Waals surface area contributed by atoms with Gasteiger partial charge in [0.15, 0.2) is 0 Å². The van der Waals surface area contributed by atoms with Crippen molar-refractivity contribution < 1.29 is 5.11 Å². The van der Waals surface area contributed by atoms with Gasteiger partial charge in [0, 0.05) is 12.1 Å². The molecule has 1 rings (SSSR count). The quantitative estimate of drug-likeness (QED) is 0.403. The summed E-state index contributed by atoms with van der Waals surface area (Å²) in [7, 11) is 0. The summed E-state index contributed by atoms with van der Waals surface area (Å²) in [5.74, 6) is 0.931. The Morgan fingerprint density at radius 1 is 1.04 bits per heavy atom. The van der Waals surface area contributed by atoms with E-state index in [1.54, 1.807) is 5.57 Å². The molecule has 26 heavy (non-hydrogen) atoms. The Hall–Kier alpha value is -0.340. The van der Waals surface area contributed by atoms with Crippen LogP contribution >= 0.6 is 0 Å². The van der Waals surface area contributed by atoms with Crippen molar-refractivity contribution >= 4 is 0 Å². The predicted molar refractivity (Wildman–Crippen MR) is 116 cm³/mol. The summed E-state index contributed by atoms with van der Waals surface area (Å²) >= 11 is 0. The van der Waals surface area contributed by atoms with Gasteiger partial charge in [-0.15, -0.1) is 0 Å². The van der Waals surface area contributed by atoms with Crippen molar-refractivity contribution in [3.8, 4) is 0 Å². The molecular formula is C24H47NO. The van der Waals surface area contributed by atoms with Gasteiger partial charge < -0.3 is 10.4 Å². The SMILES string of the molecule is CCCCC(C)C(C)C(O)C(C/C1=C\CCCCCCC1)NC(C)CC. The van der Waals surface area contributed by atoms with E-state index in [1.165, 1.54) is 64.2 Å². The maximum absolute atomic E-state index is 11.2. The number of aliphatic hydroxyl groups is 1. The number of hydrogen-bond donors (Lipinski definition) is 2. The maximum Gasteiger partial charge on any atom is 0.0724 e. The number of aliphatic hydroxyl groups excluding tert-OH is 1. The fourth-order valence-corrected chi connectivity index (χ4v) is 4.16. The zero-order valence-electron chi connectivity index (χ0n) is 18.4. The van der Waals surface area contributed by atoms with Crippen molar-refractivity contribution in [3.63, 3.8) is 0 Å². The fraction of sp³-hybridized carbons (Fsp3) is 0.917. The Labute approximate surface area is 164 Å². The van der Waals surface area contributed by atoms with E-state index in [2.05, 4.69) is 46.0 Å². The number of nitrogens with one attached hydrogen (secondary N) is 1. The third kappa shape index (κ3) is 9.04. The average Bonchev–Trinajstić information content (AvgIpc) is 2.78. The molecule has 2 nitrogen and oxygen atoms in total. The van der Waals surface area contributed by atoms with Crippen molar-refractivity contribution in [2.45, 2.75) is 130 Å². The van der Waals surface area contributed by atoms with Gasteiger partial charge in [-0.25, -0.2) is 0 Å². The minimum absolute atomic E-state index is 0.191. The van der Waals surface area contributed by atoms with Crippen molar-refractivity contribution in [3.05, 3.63) is 11.6 Å². The zero-order valence-corrected chi connectivity index (χ0v) is 18.4. The van der Waals surface area contributed by atoms with E-state index in [0.717, 1.165) is 12.8 Å². The smallest absolute Gasteiger partial charge is 0.0724 e. The lowest BCUT2D eigenvalue weighted by atomic mass is 9.82. The third-order valence-electron chi connectivity index (χ3n) is 6.59. The summed E-state index contributed by atoms with van der Waals surface area (Å²) in [6, 6.07) is 0.653. The molecule has 1 aliphatic rings. The summed E-state index contributed by atoms with van der Waals surface area (Å²) in [6.07, 6.45) is 17.4. The Kier molecular flexibility index (Phi) is 12.6. The monoisotopic (exact) mass is 365 g/mol. The third-order valence-corrected chi connectivity index (χ3v) is 6.59. The van der Waals surface area contributed by atoms with E-state index >= 15 is 0 Å². The van der Waals surface area contributed by atoms with Crippen LogP contribution in [-0.2, 0) is 0 Å². The Balaban J connectivity index is 2.77. The molecule has 0 saturated heterocycles. The van der Waals surface area contributed by atoms with Crippen molar-refractivity contribution in [2.75, 3.05) is 0 Å². The van der Waals surface area contributed by atoms with E-state index < -0.39 is 0 Å². The molecule has 5 atom stereocenters. The van der Waals surface area contributed by atoms with E-state index in [0.29, 0.717) is 17.9 Å². The molecule has 0 fully saturated rings. The first-order valence-corrected chi connectivity index (χ1v) is 11.6. The highest BCUT2D eigenvalue weighted by atomic mass is 16.3. The lowest BCUT2D eigenvalue weighted by Gasteiger charge is -2.34. The molecule has 1 aliphatic carbocycles. The lowest BCUT2D eigenvalue weighted by molar-refractivity contribution is 0.0453. The topological polar surface area (TPSA) is 32.3 Å². The number of unbranched alkanes of at least 4 members (excludes halogenated alkanes) is 1. The van der Waals surface area contributed by atoms with Gasteiger partial charge in [-0.2, -0.15) is 0 Å². The van der Waals surface area contributed by atoms with Gasteiger partial charge in [0.05, 0.1) is 6.10 Å². The number of allylic oxidation sites excluding steroid dienone is 1. The molecule has 0 aliphatic heterocycles. The van der Waals surface area contributed by atoms with Crippen LogP contribution in [0.5, 0.6) is 0 Å². The molecule has 0 spiro atoms. The standard InChI is InChI=1S/C24H47NO/c1-6-8-15-19(3)21(5)24(26)23(25-20(4)7-2)18-22-16-13-11-9-10-12-14-17-22/h16,19-21,23-26H,6-15,17-18H2,1-5H3/b22-16-. The van der Waals surface area contributed by atoms with E-state index in [9.17, 15) is 5.11 Å². The number of rotatable bonds is 11. The minimum Gasteiger partial charge on any atom is -0.391 e. The van der Waals surface area contributed by atoms with Gasteiger partial charge in [0.2, 0.25) is 0 Å². The second kappa shape index (κ2) is 13.8. The molecule has 0 bridgehead atoms. The fourth-order valence-electron chi connectivity index (χ4n) is 4.16. The molecule has 5 unspecified atom stereocenters. The Morgan fingerprint density at radius 3 is 2.42 bits per heavy atom. The molecule has 2 N–H and O–H groups in total.